The Morgan fingerprint density at radius 1 is 1.12 bits per heavy atom. The molecule has 0 fully saturated rings. The van der Waals surface area contributed by atoms with Gasteiger partial charge in [0.15, 0.2) is 11.5 Å². The number of ether oxygens (including phenoxy) is 2. The number of amides is 1. The summed E-state index contributed by atoms with van der Waals surface area (Å²) in [7, 11) is 0. The van der Waals surface area contributed by atoms with Gasteiger partial charge < -0.3 is 14.8 Å². The molecular weight excluding hydrogens is 572 g/mol. The second-order valence-electron chi connectivity index (χ2n) is 6.81. The van der Waals surface area contributed by atoms with Gasteiger partial charge in [0.25, 0.3) is 5.91 Å². The van der Waals surface area contributed by atoms with Gasteiger partial charge in [-0.3, -0.25) is 4.79 Å². The third-order valence-corrected chi connectivity index (χ3v) is 5.74. The van der Waals surface area contributed by atoms with Crippen LogP contribution in [0, 0.1) is 11.3 Å². The zero-order valence-corrected chi connectivity index (χ0v) is 21.5. The lowest BCUT2D eigenvalue weighted by Crippen LogP contribution is -2.13. The number of nitriles is 1. The summed E-state index contributed by atoms with van der Waals surface area (Å²) in [6.07, 6.45) is 1.49. The van der Waals surface area contributed by atoms with Crippen molar-refractivity contribution < 1.29 is 14.3 Å². The molecule has 0 aliphatic carbocycles. The second kappa shape index (κ2) is 11.9. The van der Waals surface area contributed by atoms with E-state index in [2.05, 4.69) is 37.2 Å². The molecule has 3 rings (SSSR count). The first-order chi connectivity index (χ1) is 15.9. The minimum atomic E-state index is -0.538. The Labute approximate surface area is 214 Å². The lowest BCUT2D eigenvalue weighted by atomic mass is 10.1. The second-order valence-corrected chi connectivity index (χ2v) is 9.02. The Balaban J connectivity index is 1.84. The van der Waals surface area contributed by atoms with Crippen LogP contribution in [0.4, 0.5) is 5.69 Å². The summed E-state index contributed by atoms with van der Waals surface area (Å²) < 4.78 is 13.4. The molecule has 0 saturated carbocycles. The summed E-state index contributed by atoms with van der Waals surface area (Å²) in [5.74, 6) is 0.506. The standard InChI is InChI=1S/C25H19Br2ClN2O3/c1-2-32-23-12-17(10-18(14-29)25(31)30-21-5-3-4-20(28)13-21)11-22(27)24(23)33-15-16-6-8-19(26)9-7-16/h3-13H,2,15H2,1H3,(H,30,31)/b18-10+. The van der Waals surface area contributed by atoms with Gasteiger partial charge in [0.2, 0.25) is 0 Å². The van der Waals surface area contributed by atoms with E-state index >= 15 is 0 Å². The molecule has 0 spiro atoms. The number of carbonyl (C=O) groups is 1. The molecule has 1 amide bonds. The first kappa shape index (κ1) is 24.8. The predicted octanol–water partition coefficient (Wildman–Crippen LogP) is 7.39. The maximum absolute atomic E-state index is 12.6. The van der Waals surface area contributed by atoms with E-state index < -0.39 is 5.91 Å². The summed E-state index contributed by atoms with van der Waals surface area (Å²) in [6, 6.07) is 20.0. The highest BCUT2D eigenvalue weighted by molar-refractivity contribution is 9.10. The van der Waals surface area contributed by atoms with Gasteiger partial charge in [-0.2, -0.15) is 5.26 Å². The minimum Gasteiger partial charge on any atom is -0.490 e. The molecule has 3 aromatic rings. The van der Waals surface area contributed by atoms with Gasteiger partial charge in [0.1, 0.15) is 18.2 Å². The van der Waals surface area contributed by atoms with Gasteiger partial charge >= 0.3 is 0 Å². The van der Waals surface area contributed by atoms with Crippen molar-refractivity contribution in [1.29, 1.82) is 5.26 Å². The average Bonchev–Trinajstić information content (AvgIpc) is 2.78. The summed E-state index contributed by atoms with van der Waals surface area (Å²) in [5, 5.41) is 12.7. The number of nitrogens with zero attached hydrogens (tertiary/aromatic N) is 1. The molecule has 0 saturated heterocycles. The maximum atomic E-state index is 12.6. The number of anilines is 1. The molecule has 168 valence electrons. The van der Waals surface area contributed by atoms with Crippen molar-refractivity contribution in [3.63, 3.8) is 0 Å². The molecule has 0 aromatic heterocycles. The fourth-order valence-corrected chi connectivity index (χ4v) is 3.92. The van der Waals surface area contributed by atoms with E-state index in [1.165, 1.54) is 6.08 Å². The first-order valence-electron chi connectivity index (χ1n) is 9.92. The number of rotatable bonds is 8. The number of hydrogen-bond acceptors (Lipinski definition) is 4. The highest BCUT2D eigenvalue weighted by Gasteiger charge is 2.15. The van der Waals surface area contributed by atoms with Gasteiger partial charge in [0, 0.05) is 15.2 Å². The fourth-order valence-electron chi connectivity index (χ4n) is 2.89. The van der Waals surface area contributed by atoms with Gasteiger partial charge in [-0.15, -0.1) is 0 Å². The molecular formula is C25H19Br2ClN2O3. The van der Waals surface area contributed by atoms with Crippen LogP contribution in [0.3, 0.4) is 0 Å². The van der Waals surface area contributed by atoms with Gasteiger partial charge in [-0.1, -0.05) is 45.7 Å². The van der Waals surface area contributed by atoms with E-state index in [4.69, 9.17) is 21.1 Å². The zero-order valence-electron chi connectivity index (χ0n) is 17.6. The Hall–Kier alpha value is -2.79. The van der Waals surface area contributed by atoms with Crippen LogP contribution in [-0.2, 0) is 11.4 Å². The highest BCUT2D eigenvalue weighted by atomic mass is 79.9. The van der Waals surface area contributed by atoms with Crippen molar-refractivity contribution in [3.8, 4) is 17.6 Å². The number of hydrogen-bond donors (Lipinski definition) is 1. The lowest BCUT2D eigenvalue weighted by Gasteiger charge is -2.15. The van der Waals surface area contributed by atoms with Crippen LogP contribution in [0.15, 0.2) is 75.2 Å². The molecule has 0 atom stereocenters. The van der Waals surface area contributed by atoms with E-state index in [1.54, 1.807) is 36.4 Å². The van der Waals surface area contributed by atoms with E-state index in [1.807, 2.05) is 37.3 Å². The SMILES string of the molecule is CCOc1cc(/C=C(\C#N)C(=O)Nc2cccc(Cl)c2)cc(Br)c1OCc1ccc(Br)cc1. The molecule has 8 heteroatoms. The summed E-state index contributed by atoms with van der Waals surface area (Å²) >= 11 is 12.9. The minimum absolute atomic E-state index is 0.0622. The van der Waals surface area contributed by atoms with Crippen molar-refractivity contribution in [1.82, 2.24) is 0 Å². The Bertz CT molecular complexity index is 1220. The summed E-state index contributed by atoms with van der Waals surface area (Å²) in [6.45, 7) is 2.65. The molecule has 33 heavy (non-hydrogen) atoms. The quantitative estimate of drug-likeness (QED) is 0.219. The van der Waals surface area contributed by atoms with Crippen LogP contribution in [0.1, 0.15) is 18.1 Å². The first-order valence-corrected chi connectivity index (χ1v) is 11.9. The van der Waals surface area contributed by atoms with E-state index in [0.717, 1.165) is 10.0 Å². The van der Waals surface area contributed by atoms with Crippen LogP contribution in [0.5, 0.6) is 11.5 Å². The summed E-state index contributed by atoms with van der Waals surface area (Å²) in [5.41, 5.74) is 2.05. The largest absolute Gasteiger partial charge is 0.490 e. The molecule has 0 bridgehead atoms. The molecule has 1 N–H and O–H groups in total. The number of halogens is 3. The van der Waals surface area contributed by atoms with Gasteiger partial charge in [-0.25, -0.2) is 0 Å². The lowest BCUT2D eigenvalue weighted by molar-refractivity contribution is -0.112. The van der Waals surface area contributed by atoms with Gasteiger partial charge in [-0.05, 0) is 82.5 Å². The van der Waals surface area contributed by atoms with E-state index in [9.17, 15) is 10.1 Å². The molecule has 3 aromatic carbocycles. The molecule has 0 heterocycles. The van der Waals surface area contributed by atoms with Gasteiger partial charge in [0.05, 0.1) is 11.1 Å². The van der Waals surface area contributed by atoms with Crippen molar-refractivity contribution >= 4 is 61.1 Å². The van der Waals surface area contributed by atoms with E-state index in [0.29, 0.717) is 45.5 Å². The Kier molecular flexibility index (Phi) is 8.95. The zero-order chi connectivity index (χ0) is 23.8. The molecule has 0 aliphatic heterocycles. The Morgan fingerprint density at radius 2 is 1.88 bits per heavy atom. The smallest absolute Gasteiger partial charge is 0.266 e. The third kappa shape index (κ3) is 7.10. The number of carbonyl (C=O) groups excluding carboxylic acids is 1. The monoisotopic (exact) mass is 588 g/mol. The Morgan fingerprint density at radius 3 is 2.55 bits per heavy atom. The van der Waals surface area contributed by atoms with Crippen LogP contribution in [-0.4, -0.2) is 12.5 Å². The third-order valence-electron chi connectivity index (χ3n) is 4.39. The highest BCUT2D eigenvalue weighted by Crippen LogP contribution is 2.38. The summed E-state index contributed by atoms with van der Waals surface area (Å²) in [4.78, 5) is 12.6. The normalized spacial score (nSPS) is 10.9. The predicted molar refractivity (Wildman–Crippen MR) is 137 cm³/mol. The van der Waals surface area contributed by atoms with Crippen molar-refractivity contribution in [2.45, 2.75) is 13.5 Å². The van der Waals surface area contributed by atoms with Crippen LogP contribution in [0.25, 0.3) is 6.08 Å². The van der Waals surface area contributed by atoms with Crippen LogP contribution in [0.2, 0.25) is 5.02 Å². The van der Waals surface area contributed by atoms with Crippen molar-refractivity contribution in [2.24, 2.45) is 0 Å². The fraction of sp³-hybridized carbons (Fsp3) is 0.120. The van der Waals surface area contributed by atoms with Crippen molar-refractivity contribution in [2.75, 3.05) is 11.9 Å². The number of nitrogens with one attached hydrogen (secondary N) is 1. The molecule has 0 unspecified atom stereocenters. The van der Waals surface area contributed by atoms with Crippen LogP contribution >= 0.6 is 43.5 Å². The maximum Gasteiger partial charge on any atom is 0.266 e. The molecule has 5 nitrogen and oxygen atoms in total. The van der Waals surface area contributed by atoms with Crippen LogP contribution < -0.4 is 14.8 Å². The number of benzene rings is 3. The van der Waals surface area contributed by atoms with E-state index in [-0.39, 0.29) is 5.57 Å². The topological polar surface area (TPSA) is 71.3 Å². The van der Waals surface area contributed by atoms with Crippen molar-refractivity contribution in [3.05, 3.63) is 91.3 Å². The average molecular weight is 591 g/mol. The molecule has 0 radical (unpaired) electrons. The molecule has 0 aliphatic rings.